The minimum Gasteiger partial charge on any atom is -0.504 e. The minimum absolute atomic E-state index is 0.0791. The number of nitrogens with zero attached hydrogens (tertiary/aromatic N) is 4. The molecule has 4 aromatic rings. The van der Waals surface area contributed by atoms with Crippen LogP contribution in [0.1, 0.15) is 39.3 Å². The summed E-state index contributed by atoms with van der Waals surface area (Å²) in [5.74, 6) is -0.357. The Morgan fingerprint density at radius 1 is 1.03 bits per heavy atom. The van der Waals surface area contributed by atoms with E-state index in [2.05, 4.69) is 20.8 Å². The number of aryl methyl sites for hydroxylation is 1. The normalized spacial score (nSPS) is 13.9. The SMILES string of the molecule is COc1ccc2c(c1)C(c1ccc(Cl)cc1)=N[C@@H](NC(=O)CNC(=O)c1ccc(O)c(O)c1)c1nnc(C)n1-2. The van der Waals surface area contributed by atoms with Crippen LogP contribution in [0.5, 0.6) is 17.2 Å². The van der Waals surface area contributed by atoms with Crippen molar-refractivity contribution in [3.05, 3.63) is 94.0 Å². The fourth-order valence-corrected chi connectivity index (χ4v) is 4.33. The van der Waals surface area contributed by atoms with Crippen molar-refractivity contribution in [3.63, 3.8) is 0 Å². The second kappa shape index (κ2) is 10.5. The second-order valence-electron chi connectivity index (χ2n) is 8.66. The highest BCUT2D eigenvalue weighted by molar-refractivity contribution is 6.30. The molecular formula is C27H23ClN6O5. The van der Waals surface area contributed by atoms with E-state index in [4.69, 9.17) is 21.3 Å². The molecule has 2 heterocycles. The van der Waals surface area contributed by atoms with Crippen LogP contribution in [0, 0.1) is 6.92 Å². The third-order valence-electron chi connectivity index (χ3n) is 6.11. The lowest BCUT2D eigenvalue weighted by Crippen LogP contribution is -2.39. The first-order valence-electron chi connectivity index (χ1n) is 11.8. The summed E-state index contributed by atoms with van der Waals surface area (Å²) < 4.78 is 7.27. The quantitative estimate of drug-likeness (QED) is 0.271. The zero-order valence-electron chi connectivity index (χ0n) is 20.8. The molecule has 2 amide bonds. The molecule has 1 atom stereocenters. The molecule has 0 saturated carbocycles. The highest BCUT2D eigenvalue weighted by atomic mass is 35.5. The van der Waals surface area contributed by atoms with Gasteiger partial charge in [0.15, 0.2) is 23.5 Å². The van der Waals surface area contributed by atoms with Crippen molar-refractivity contribution in [2.75, 3.05) is 13.7 Å². The van der Waals surface area contributed by atoms with E-state index in [0.29, 0.717) is 28.1 Å². The number of fused-ring (bicyclic) bond motifs is 3. The van der Waals surface area contributed by atoms with Crippen molar-refractivity contribution < 1.29 is 24.5 Å². The molecule has 0 radical (unpaired) electrons. The number of carbonyl (C=O) groups excluding carboxylic acids is 2. The number of hydrogen-bond acceptors (Lipinski definition) is 8. The molecule has 39 heavy (non-hydrogen) atoms. The topological polar surface area (TPSA) is 151 Å². The molecule has 5 rings (SSSR count). The molecule has 1 aliphatic heterocycles. The summed E-state index contributed by atoms with van der Waals surface area (Å²) in [7, 11) is 1.57. The Labute approximate surface area is 227 Å². The van der Waals surface area contributed by atoms with Gasteiger partial charge >= 0.3 is 0 Å². The Bertz CT molecular complexity index is 1620. The Kier molecular flexibility index (Phi) is 6.90. The highest BCUT2D eigenvalue weighted by Gasteiger charge is 2.29. The predicted octanol–water partition coefficient (Wildman–Crippen LogP) is 3.04. The fraction of sp³-hybridized carbons (Fsp3) is 0.148. The molecule has 0 aliphatic carbocycles. The van der Waals surface area contributed by atoms with Crippen molar-refractivity contribution in [3.8, 4) is 22.9 Å². The van der Waals surface area contributed by atoms with E-state index < -0.39 is 23.7 Å². The number of amides is 2. The van der Waals surface area contributed by atoms with Gasteiger partial charge in [-0.1, -0.05) is 23.7 Å². The second-order valence-corrected chi connectivity index (χ2v) is 9.10. The number of aromatic hydroxyl groups is 2. The lowest BCUT2D eigenvalue weighted by atomic mass is 10.00. The first-order chi connectivity index (χ1) is 18.7. The van der Waals surface area contributed by atoms with Crippen LogP contribution in [0.15, 0.2) is 65.7 Å². The number of nitrogens with one attached hydrogen (secondary N) is 2. The number of ether oxygens (including phenoxy) is 1. The molecule has 4 N–H and O–H groups in total. The monoisotopic (exact) mass is 546 g/mol. The molecule has 12 heteroatoms. The summed E-state index contributed by atoms with van der Waals surface area (Å²) in [6.07, 6.45) is -0.947. The molecule has 1 aromatic heterocycles. The summed E-state index contributed by atoms with van der Waals surface area (Å²) in [6, 6.07) is 16.3. The smallest absolute Gasteiger partial charge is 0.251 e. The predicted molar refractivity (Wildman–Crippen MR) is 143 cm³/mol. The number of aromatic nitrogens is 3. The highest BCUT2D eigenvalue weighted by Crippen LogP contribution is 2.32. The van der Waals surface area contributed by atoms with Crippen LogP contribution >= 0.6 is 11.6 Å². The van der Waals surface area contributed by atoms with Crippen LogP contribution < -0.4 is 15.4 Å². The summed E-state index contributed by atoms with van der Waals surface area (Å²) in [4.78, 5) is 30.3. The molecule has 1 aliphatic rings. The van der Waals surface area contributed by atoms with Crippen LogP contribution in [0.4, 0.5) is 0 Å². The van der Waals surface area contributed by atoms with Gasteiger partial charge in [0, 0.05) is 21.7 Å². The maximum absolute atomic E-state index is 13.0. The van der Waals surface area contributed by atoms with E-state index in [1.54, 1.807) is 26.2 Å². The molecule has 11 nitrogen and oxygen atoms in total. The zero-order chi connectivity index (χ0) is 27.7. The summed E-state index contributed by atoms with van der Waals surface area (Å²) in [5, 5.41) is 33.5. The van der Waals surface area contributed by atoms with E-state index in [-0.39, 0.29) is 17.9 Å². The van der Waals surface area contributed by atoms with Gasteiger partial charge in [0.1, 0.15) is 11.6 Å². The van der Waals surface area contributed by atoms with E-state index in [9.17, 15) is 19.8 Å². The van der Waals surface area contributed by atoms with Crippen LogP contribution in [0.2, 0.25) is 5.02 Å². The Hall–Kier alpha value is -4.90. The molecule has 0 bridgehead atoms. The molecular weight excluding hydrogens is 524 g/mol. The third-order valence-corrected chi connectivity index (χ3v) is 6.37. The van der Waals surface area contributed by atoms with Crippen LogP contribution in [0.25, 0.3) is 5.69 Å². The Morgan fingerprint density at radius 2 is 1.79 bits per heavy atom. The maximum Gasteiger partial charge on any atom is 0.251 e. The largest absolute Gasteiger partial charge is 0.504 e. The van der Waals surface area contributed by atoms with Crippen LogP contribution in [-0.2, 0) is 4.79 Å². The molecule has 3 aromatic carbocycles. The van der Waals surface area contributed by atoms with Crippen molar-refractivity contribution in [2.24, 2.45) is 4.99 Å². The molecule has 0 unspecified atom stereocenters. The van der Waals surface area contributed by atoms with Gasteiger partial charge in [0.2, 0.25) is 5.91 Å². The van der Waals surface area contributed by atoms with E-state index in [0.717, 1.165) is 22.9 Å². The van der Waals surface area contributed by atoms with Crippen molar-refractivity contribution in [2.45, 2.75) is 13.1 Å². The van der Waals surface area contributed by atoms with Gasteiger partial charge in [-0.15, -0.1) is 10.2 Å². The van der Waals surface area contributed by atoms with Crippen molar-refractivity contribution in [1.29, 1.82) is 0 Å². The third kappa shape index (κ3) is 5.12. The number of halogens is 1. The zero-order valence-corrected chi connectivity index (χ0v) is 21.6. The Balaban J connectivity index is 1.48. The number of benzene rings is 3. The van der Waals surface area contributed by atoms with Crippen LogP contribution in [-0.4, -0.2) is 56.2 Å². The van der Waals surface area contributed by atoms with Gasteiger partial charge in [0.05, 0.1) is 25.1 Å². The molecule has 0 fully saturated rings. The first-order valence-corrected chi connectivity index (χ1v) is 12.2. The number of aliphatic imine (C=N–C) groups is 1. The van der Waals surface area contributed by atoms with Crippen molar-refractivity contribution in [1.82, 2.24) is 25.4 Å². The summed E-state index contributed by atoms with van der Waals surface area (Å²) in [6.45, 7) is 1.42. The van der Waals surface area contributed by atoms with E-state index >= 15 is 0 Å². The lowest BCUT2D eigenvalue weighted by molar-refractivity contribution is -0.120. The molecule has 0 spiro atoms. The number of methoxy groups -OCH3 is 1. The molecule has 0 saturated heterocycles. The standard InChI is InChI=1S/C27H23ClN6O5/c1-14-32-33-26-25(30-23(37)13-29-27(38)16-5-10-21(35)22(36)11-16)31-24(15-3-6-17(28)7-4-15)19-12-18(39-2)8-9-20(19)34(14)26/h3-12,25,35-36H,13H2,1-2H3,(H,29,38)(H,30,37)/t25-/m1/s1. The van der Waals surface area contributed by atoms with Crippen molar-refractivity contribution >= 4 is 29.1 Å². The number of carbonyl (C=O) groups is 2. The average Bonchev–Trinajstić information content (AvgIpc) is 3.26. The van der Waals surface area contributed by atoms with Gasteiger partial charge in [-0.25, -0.2) is 0 Å². The fourth-order valence-electron chi connectivity index (χ4n) is 4.20. The van der Waals surface area contributed by atoms with E-state index in [1.807, 2.05) is 34.9 Å². The lowest BCUT2D eigenvalue weighted by Gasteiger charge is -2.15. The van der Waals surface area contributed by atoms with Gasteiger partial charge in [-0.05, 0) is 55.5 Å². The molecule has 198 valence electrons. The number of hydrogen-bond donors (Lipinski definition) is 4. The van der Waals surface area contributed by atoms with Gasteiger partial charge in [-0.2, -0.15) is 0 Å². The number of rotatable bonds is 6. The maximum atomic E-state index is 13.0. The summed E-state index contributed by atoms with van der Waals surface area (Å²) >= 11 is 6.13. The van der Waals surface area contributed by atoms with Gasteiger partial charge in [0.25, 0.3) is 5.91 Å². The van der Waals surface area contributed by atoms with Crippen LogP contribution in [0.3, 0.4) is 0 Å². The summed E-state index contributed by atoms with van der Waals surface area (Å²) in [5.41, 5.74) is 2.89. The first kappa shape index (κ1) is 25.7. The van der Waals surface area contributed by atoms with E-state index in [1.165, 1.54) is 12.1 Å². The Morgan fingerprint density at radius 3 is 2.51 bits per heavy atom. The van der Waals surface area contributed by atoms with Gasteiger partial charge < -0.3 is 25.6 Å². The van der Waals surface area contributed by atoms with Gasteiger partial charge in [-0.3, -0.25) is 19.1 Å². The number of phenols is 2. The number of phenolic OH excluding ortho intramolecular Hbond substituents is 2. The minimum atomic E-state index is -0.947. The average molecular weight is 547 g/mol.